The molecule has 4 heteroatoms. The fraction of sp³-hybridized carbons (Fsp3) is 0.636. The van der Waals surface area contributed by atoms with Crippen molar-refractivity contribution in [2.75, 3.05) is 7.05 Å². The molecule has 15 heavy (non-hydrogen) atoms. The van der Waals surface area contributed by atoms with Gasteiger partial charge in [-0.2, -0.15) is 0 Å². The van der Waals surface area contributed by atoms with Crippen molar-refractivity contribution in [1.29, 1.82) is 0 Å². The quantitative estimate of drug-likeness (QED) is 0.763. The zero-order valence-electron chi connectivity index (χ0n) is 9.78. The lowest BCUT2D eigenvalue weighted by Gasteiger charge is -2.19. The highest BCUT2D eigenvalue weighted by atomic mass is 16.5. The van der Waals surface area contributed by atoms with E-state index >= 15 is 0 Å². The van der Waals surface area contributed by atoms with Gasteiger partial charge in [-0.1, -0.05) is 19.0 Å². The third kappa shape index (κ3) is 3.08. The lowest BCUT2D eigenvalue weighted by molar-refractivity contribution is -0.134. The lowest BCUT2D eigenvalue weighted by atomic mass is 10.1. The van der Waals surface area contributed by atoms with Crippen molar-refractivity contribution in [2.45, 2.75) is 33.7 Å². The predicted octanol–water partition coefficient (Wildman–Crippen LogP) is 1.99. The van der Waals surface area contributed by atoms with Crippen LogP contribution in [0, 0.1) is 12.8 Å². The number of carbonyl (C=O) groups excluding carboxylic acids is 1. The SMILES string of the molecule is CCC(C)C(=O)N(C)Cc1cc(C)on1. The number of carbonyl (C=O) groups is 1. The first-order chi connectivity index (χ1) is 7.04. The molecule has 0 radical (unpaired) electrons. The third-order valence-corrected chi connectivity index (χ3v) is 2.49. The van der Waals surface area contributed by atoms with Gasteiger partial charge in [0.2, 0.25) is 5.91 Å². The molecule has 1 rings (SSSR count). The van der Waals surface area contributed by atoms with Crippen molar-refractivity contribution < 1.29 is 9.32 Å². The number of rotatable bonds is 4. The molecule has 1 atom stereocenters. The van der Waals surface area contributed by atoms with E-state index in [1.807, 2.05) is 26.8 Å². The van der Waals surface area contributed by atoms with E-state index in [0.717, 1.165) is 17.9 Å². The Morgan fingerprint density at radius 3 is 2.80 bits per heavy atom. The van der Waals surface area contributed by atoms with Gasteiger partial charge in [0, 0.05) is 19.0 Å². The molecule has 1 aromatic rings. The van der Waals surface area contributed by atoms with Gasteiger partial charge in [0.1, 0.15) is 11.5 Å². The molecule has 0 N–H and O–H groups in total. The maximum absolute atomic E-state index is 11.8. The molecule has 0 saturated heterocycles. The van der Waals surface area contributed by atoms with Crippen molar-refractivity contribution in [1.82, 2.24) is 10.1 Å². The number of aromatic nitrogens is 1. The van der Waals surface area contributed by atoms with Gasteiger partial charge in [-0.05, 0) is 13.3 Å². The first-order valence-electron chi connectivity index (χ1n) is 5.21. The second-order valence-corrected chi connectivity index (χ2v) is 3.93. The van der Waals surface area contributed by atoms with E-state index in [4.69, 9.17) is 4.52 Å². The molecule has 0 spiro atoms. The Morgan fingerprint density at radius 2 is 2.33 bits per heavy atom. The molecule has 1 amide bonds. The summed E-state index contributed by atoms with van der Waals surface area (Å²) in [5.41, 5.74) is 0.798. The summed E-state index contributed by atoms with van der Waals surface area (Å²) in [5.74, 6) is 0.996. The van der Waals surface area contributed by atoms with Crippen LogP contribution in [-0.2, 0) is 11.3 Å². The van der Waals surface area contributed by atoms with E-state index in [0.29, 0.717) is 6.54 Å². The molecule has 0 fully saturated rings. The van der Waals surface area contributed by atoms with Crippen LogP contribution in [0.2, 0.25) is 0 Å². The van der Waals surface area contributed by atoms with E-state index in [9.17, 15) is 4.79 Å². The molecule has 4 nitrogen and oxygen atoms in total. The first-order valence-corrected chi connectivity index (χ1v) is 5.21. The normalized spacial score (nSPS) is 12.5. The molecule has 0 aliphatic carbocycles. The topological polar surface area (TPSA) is 46.3 Å². The van der Waals surface area contributed by atoms with Crippen LogP contribution in [-0.4, -0.2) is 23.0 Å². The average Bonchev–Trinajstić information content (AvgIpc) is 2.61. The van der Waals surface area contributed by atoms with Crippen LogP contribution >= 0.6 is 0 Å². The van der Waals surface area contributed by atoms with Crippen molar-refractivity contribution in [3.05, 3.63) is 17.5 Å². The summed E-state index contributed by atoms with van der Waals surface area (Å²) in [6.45, 7) is 6.30. The summed E-state index contributed by atoms with van der Waals surface area (Å²) in [4.78, 5) is 13.4. The summed E-state index contributed by atoms with van der Waals surface area (Å²) < 4.78 is 4.94. The second kappa shape index (κ2) is 4.96. The van der Waals surface area contributed by atoms with Crippen LogP contribution in [0.15, 0.2) is 10.6 Å². The van der Waals surface area contributed by atoms with E-state index < -0.39 is 0 Å². The van der Waals surface area contributed by atoms with Crippen LogP contribution in [0.3, 0.4) is 0 Å². The molecule has 0 aliphatic heterocycles. The van der Waals surface area contributed by atoms with Gasteiger partial charge in [0.05, 0.1) is 6.54 Å². The summed E-state index contributed by atoms with van der Waals surface area (Å²) in [5, 5.41) is 3.85. The van der Waals surface area contributed by atoms with Crippen molar-refractivity contribution in [3.63, 3.8) is 0 Å². The Labute approximate surface area is 90.2 Å². The highest BCUT2D eigenvalue weighted by Gasteiger charge is 2.16. The van der Waals surface area contributed by atoms with Gasteiger partial charge in [-0.3, -0.25) is 4.79 Å². The predicted molar refractivity (Wildman–Crippen MR) is 57.2 cm³/mol. The Bertz CT molecular complexity index is 333. The van der Waals surface area contributed by atoms with Crippen LogP contribution in [0.1, 0.15) is 31.7 Å². The Morgan fingerprint density at radius 1 is 1.67 bits per heavy atom. The number of hydrogen-bond donors (Lipinski definition) is 0. The van der Waals surface area contributed by atoms with E-state index in [1.54, 1.807) is 11.9 Å². The molecule has 0 aliphatic rings. The van der Waals surface area contributed by atoms with Gasteiger partial charge in [0.15, 0.2) is 0 Å². The van der Waals surface area contributed by atoms with Crippen LogP contribution in [0.25, 0.3) is 0 Å². The maximum atomic E-state index is 11.8. The fourth-order valence-electron chi connectivity index (χ4n) is 1.36. The summed E-state index contributed by atoms with van der Waals surface area (Å²) in [6.07, 6.45) is 0.862. The standard InChI is InChI=1S/C11H18N2O2/c1-5-8(2)11(14)13(4)7-10-6-9(3)15-12-10/h6,8H,5,7H2,1-4H3. The van der Waals surface area contributed by atoms with Gasteiger partial charge in [-0.25, -0.2) is 0 Å². The Hall–Kier alpha value is -1.32. The van der Waals surface area contributed by atoms with Gasteiger partial charge >= 0.3 is 0 Å². The van der Waals surface area contributed by atoms with Crippen molar-refractivity contribution >= 4 is 5.91 Å². The number of aryl methyl sites for hydroxylation is 1. The molecular weight excluding hydrogens is 192 g/mol. The van der Waals surface area contributed by atoms with Crippen LogP contribution < -0.4 is 0 Å². The van der Waals surface area contributed by atoms with Crippen LogP contribution in [0.4, 0.5) is 0 Å². The number of hydrogen-bond acceptors (Lipinski definition) is 3. The van der Waals surface area contributed by atoms with Gasteiger partial charge in [-0.15, -0.1) is 0 Å². The summed E-state index contributed by atoms with van der Waals surface area (Å²) in [7, 11) is 1.79. The Kier molecular flexibility index (Phi) is 3.88. The molecule has 1 aromatic heterocycles. The molecule has 1 heterocycles. The van der Waals surface area contributed by atoms with Crippen molar-refractivity contribution in [2.24, 2.45) is 5.92 Å². The van der Waals surface area contributed by atoms with E-state index in [-0.39, 0.29) is 11.8 Å². The van der Waals surface area contributed by atoms with E-state index in [1.165, 1.54) is 0 Å². The molecule has 0 saturated carbocycles. The zero-order chi connectivity index (χ0) is 11.4. The average molecular weight is 210 g/mol. The second-order valence-electron chi connectivity index (χ2n) is 3.93. The molecule has 84 valence electrons. The molecule has 0 aromatic carbocycles. The minimum Gasteiger partial charge on any atom is -0.361 e. The smallest absolute Gasteiger partial charge is 0.225 e. The van der Waals surface area contributed by atoms with Crippen LogP contribution in [0.5, 0.6) is 0 Å². The Balaban J connectivity index is 2.55. The lowest BCUT2D eigenvalue weighted by Crippen LogP contribution is -2.31. The first kappa shape index (κ1) is 11.8. The third-order valence-electron chi connectivity index (χ3n) is 2.49. The summed E-state index contributed by atoms with van der Waals surface area (Å²) >= 11 is 0. The summed E-state index contributed by atoms with van der Waals surface area (Å²) in [6, 6.07) is 1.85. The van der Waals surface area contributed by atoms with Gasteiger partial charge < -0.3 is 9.42 Å². The largest absolute Gasteiger partial charge is 0.361 e. The van der Waals surface area contributed by atoms with E-state index in [2.05, 4.69) is 5.16 Å². The highest BCUT2D eigenvalue weighted by molar-refractivity contribution is 5.78. The minimum absolute atomic E-state index is 0.0722. The van der Waals surface area contributed by atoms with Gasteiger partial charge in [0.25, 0.3) is 0 Å². The zero-order valence-corrected chi connectivity index (χ0v) is 9.78. The molecule has 0 bridgehead atoms. The van der Waals surface area contributed by atoms with Crippen molar-refractivity contribution in [3.8, 4) is 0 Å². The molecule has 1 unspecified atom stereocenters. The molecular formula is C11H18N2O2. The minimum atomic E-state index is 0.0722. The fourth-order valence-corrected chi connectivity index (χ4v) is 1.36. The number of amides is 1. The maximum Gasteiger partial charge on any atom is 0.225 e. The monoisotopic (exact) mass is 210 g/mol. The highest BCUT2D eigenvalue weighted by Crippen LogP contribution is 2.09. The number of nitrogens with zero attached hydrogens (tertiary/aromatic N) is 2.